The van der Waals surface area contributed by atoms with Gasteiger partial charge >= 0.3 is 6.09 Å². The molecule has 0 bridgehead atoms. The van der Waals surface area contributed by atoms with E-state index >= 15 is 0 Å². The SMILES string of the molecule is CCCCOC(=O)NC(C(=O)Nc1ccncc1)C(C)(C)C. The Balaban J connectivity index is 2.68. The predicted molar refractivity (Wildman–Crippen MR) is 85.5 cm³/mol. The summed E-state index contributed by atoms with van der Waals surface area (Å²) in [5, 5.41) is 5.42. The Morgan fingerprint density at radius 2 is 1.91 bits per heavy atom. The van der Waals surface area contributed by atoms with Crippen LogP contribution in [0.1, 0.15) is 40.5 Å². The Labute approximate surface area is 131 Å². The normalized spacial score (nSPS) is 12.4. The van der Waals surface area contributed by atoms with Gasteiger partial charge < -0.3 is 15.4 Å². The van der Waals surface area contributed by atoms with Gasteiger partial charge in [-0.2, -0.15) is 0 Å². The second-order valence-corrected chi connectivity index (χ2v) is 6.16. The lowest BCUT2D eigenvalue weighted by molar-refractivity contribution is -0.120. The summed E-state index contributed by atoms with van der Waals surface area (Å²) < 4.78 is 5.07. The van der Waals surface area contributed by atoms with E-state index in [4.69, 9.17) is 4.74 Å². The van der Waals surface area contributed by atoms with Gasteiger partial charge in [-0.3, -0.25) is 9.78 Å². The Hall–Kier alpha value is -2.11. The molecule has 6 heteroatoms. The van der Waals surface area contributed by atoms with Crippen LogP contribution in [0.15, 0.2) is 24.5 Å². The molecule has 0 aromatic carbocycles. The molecule has 1 atom stereocenters. The minimum absolute atomic E-state index is 0.286. The van der Waals surface area contributed by atoms with Gasteiger partial charge in [0.15, 0.2) is 0 Å². The first-order chi connectivity index (χ1) is 10.3. The number of nitrogens with zero attached hydrogens (tertiary/aromatic N) is 1. The summed E-state index contributed by atoms with van der Waals surface area (Å²) in [6.45, 7) is 8.02. The van der Waals surface area contributed by atoms with Gasteiger partial charge in [0.25, 0.3) is 0 Å². The van der Waals surface area contributed by atoms with Crippen molar-refractivity contribution in [3.8, 4) is 0 Å². The summed E-state index contributed by atoms with van der Waals surface area (Å²) >= 11 is 0. The Morgan fingerprint density at radius 3 is 2.45 bits per heavy atom. The smallest absolute Gasteiger partial charge is 0.407 e. The molecule has 122 valence electrons. The molecule has 0 aliphatic heterocycles. The number of pyridine rings is 1. The third-order valence-corrected chi connectivity index (χ3v) is 3.07. The number of alkyl carbamates (subject to hydrolysis) is 1. The third kappa shape index (κ3) is 6.11. The van der Waals surface area contributed by atoms with E-state index in [-0.39, 0.29) is 5.91 Å². The average Bonchev–Trinajstić information content (AvgIpc) is 2.45. The highest BCUT2D eigenvalue weighted by Crippen LogP contribution is 2.21. The standard InChI is InChI=1S/C16H25N3O3/c1-5-6-11-22-15(21)19-13(16(2,3)4)14(20)18-12-7-9-17-10-8-12/h7-10,13H,5-6,11H2,1-4H3,(H,19,21)(H,17,18,20). The second-order valence-electron chi connectivity index (χ2n) is 6.16. The summed E-state index contributed by atoms with van der Waals surface area (Å²) in [4.78, 5) is 28.1. The van der Waals surface area contributed by atoms with Crippen molar-refractivity contribution >= 4 is 17.7 Å². The van der Waals surface area contributed by atoms with Crippen molar-refractivity contribution in [3.63, 3.8) is 0 Å². The first-order valence-corrected chi connectivity index (χ1v) is 7.48. The van der Waals surface area contributed by atoms with Crippen LogP contribution in [0, 0.1) is 5.41 Å². The quantitative estimate of drug-likeness (QED) is 0.792. The molecule has 6 nitrogen and oxygen atoms in total. The monoisotopic (exact) mass is 307 g/mol. The van der Waals surface area contributed by atoms with Gasteiger partial charge in [-0.1, -0.05) is 34.1 Å². The minimum Gasteiger partial charge on any atom is -0.450 e. The van der Waals surface area contributed by atoms with Crippen LogP contribution in [0.4, 0.5) is 10.5 Å². The molecule has 0 aliphatic rings. The lowest BCUT2D eigenvalue weighted by Gasteiger charge is -2.30. The van der Waals surface area contributed by atoms with Gasteiger partial charge in [-0.15, -0.1) is 0 Å². The van der Waals surface area contributed by atoms with E-state index in [1.54, 1.807) is 24.5 Å². The van der Waals surface area contributed by atoms with Crippen LogP contribution in [0.5, 0.6) is 0 Å². The number of anilines is 1. The summed E-state index contributed by atoms with van der Waals surface area (Å²) in [6, 6.07) is 2.68. The zero-order valence-electron chi connectivity index (χ0n) is 13.7. The fourth-order valence-electron chi connectivity index (χ4n) is 1.79. The van der Waals surface area contributed by atoms with Gasteiger partial charge in [-0.05, 0) is 24.0 Å². The number of hydrogen-bond acceptors (Lipinski definition) is 4. The van der Waals surface area contributed by atoms with Gasteiger partial charge in [-0.25, -0.2) is 4.79 Å². The van der Waals surface area contributed by atoms with E-state index < -0.39 is 17.6 Å². The van der Waals surface area contributed by atoms with Crippen molar-refractivity contribution < 1.29 is 14.3 Å². The molecule has 0 saturated carbocycles. The van der Waals surface area contributed by atoms with E-state index in [0.717, 1.165) is 12.8 Å². The number of carbonyl (C=O) groups excluding carboxylic acids is 2. The zero-order chi connectivity index (χ0) is 16.6. The molecule has 1 rings (SSSR count). The predicted octanol–water partition coefficient (Wildman–Crippen LogP) is 2.96. The molecular weight excluding hydrogens is 282 g/mol. The molecule has 2 N–H and O–H groups in total. The van der Waals surface area contributed by atoms with E-state index in [2.05, 4.69) is 15.6 Å². The Kier molecular flexibility index (Phi) is 6.82. The second kappa shape index (κ2) is 8.36. The van der Waals surface area contributed by atoms with E-state index in [0.29, 0.717) is 12.3 Å². The summed E-state index contributed by atoms with van der Waals surface area (Å²) in [5.74, 6) is -0.286. The molecule has 0 saturated heterocycles. The summed E-state index contributed by atoms with van der Waals surface area (Å²) in [6.07, 6.45) is 4.36. The number of carbonyl (C=O) groups is 2. The highest BCUT2D eigenvalue weighted by molar-refractivity contribution is 5.97. The van der Waals surface area contributed by atoms with Crippen molar-refractivity contribution in [2.75, 3.05) is 11.9 Å². The number of amides is 2. The number of ether oxygens (including phenoxy) is 1. The van der Waals surface area contributed by atoms with Crippen LogP contribution in [-0.4, -0.2) is 29.6 Å². The maximum absolute atomic E-state index is 12.4. The van der Waals surface area contributed by atoms with Crippen LogP contribution in [0.2, 0.25) is 0 Å². The van der Waals surface area contributed by atoms with Crippen LogP contribution in [0.25, 0.3) is 0 Å². The highest BCUT2D eigenvalue weighted by atomic mass is 16.5. The number of aromatic nitrogens is 1. The van der Waals surface area contributed by atoms with Gasteiger partial charge in [0.2, 0.25) is 5.91 Å². The topological polar surface area (TPSA) is 80.3 Å². The molecule has 22 heavy (non-hydrogen) atoms. The number of unbranched alkanes of at least 4 members (excludes halogenated alkanes) is 1. The number of rotatable bonds is 6. The summed E-state index contributed by atoms with van der Waals surface area (Å²) in [5.41, 5.74) is 0.191. The molecule has 0 radical (unpaired) electrons. The van der Waals surface area contributed by atoms with Crippen molar-refractivity contribution in [1.29, 1.82) is 0 Å². The number of nitrogens with one attached hydrogen (secondary N) is 2. The van der Waals surface area contributed by atoms with E-state index in [9.17, 15) is 9.59 Å². The van der Waals surface area contributed by atoms with Crippen molar-refractivity contribution in [3.05, 3.63) is 24.5 Å². The third-order valence-electron chi connectivity index (χ3n) is 3.07. The van der Waals surface area contributed by atoms with Crippen LogP contribution in [-0.2, 0) is 9.53 Å². The minimum atomic E-state index is -0.699. The fraction of sp³-hybridized carbons (Fsp3) is 0.562. The molecule has 1 aromatic rings. The molecule has 2 amide bonds. The molecular formula is C16H25N3O3. The highest BCUT2D eigenvalue weighted by Gasteiger charge is 2.33. The number of hydrogen-bond donors (Lipinski definition) is 2. The summed E-state index contributed by atoms with van der Waals surface area (Å²) in [7, 11) is 0. The van der Waals surface area contributed by atoms with Gasteiger partial charge in [0.05, 0.1) is 6.61 Å². The van der Waals surface area contributed by atoms with Crippen LogP contribution >= 0.6 is 0 Å². The first kappa shape index (κ1) is 17.9. The largest absolute Gasteiger partial charge is 0.450 e. The van der Waals surface area contributed by atoms with E-state index in [1.165, 1.54) is 0 Å². The maximum Gasteiger partial charge on any atom is 0.407 e. The Morgan fingerprint density at radius 1 is 1.27 bits per heavy atom. The van der Waals surface area contributed by atoms with Gasteiger partial charge in [0, 0.05) is 18.1 Å². The van der Waals surface area contributed by atoms with Crippen LogP contribution < -0.4 is 10.6 Å². The fourth-order valence-corrected chi connectivity index (χ4v) is 1.79. The molecule has 1 heterocycles. The van der Waals surface area contributed by atoms with Crippen molar-refractivity contribution in [2.45, 2.75) is 46.6 Å². The maximum atomic E-state index is 12.4. The lowest BCUT2D eigenvalue weighted by Crippen LogP contribution is -2.51. The zero-order valence-corrected chi connectivity index (χ0v) is 13.7. The molecule has 1 aromatic heterocycles. The molecule has 0 spiro atoms. The van der Waals surface area contributed by atoms with E-state index in [1.807, 2.05) is 27.7 Å². The average molecular weight is 307 g/mol. The van der Waals surface area contributed by atoms with Gasteiger partial charge in [0.1, 0.15) is 6.04 Å². The lowest BCUT2D eigenvalue weighted by atomic mass is 9.86. The van der Waals surface area contributed by atoms with Crippen LogP contribution in [0.3, 0.4) is 0 Å². The first-order valence-electron chi connectivity index (χ1n) is 7.48. The van der Waals surface area contributed by atoms with Crippen molar-refractivity contribution in [2.24, 2.45) is 5.41 Å². The molecule has 0 fully saturated rings. The van der Waals surface area contributed by atoms with Crippen molar-refractivity contribution in [1.82, 2.24) is 10.3 Å². The molecule has 0 aliphatic carbocycles. The Bertz CT molecular complexity index is 483. The molecule has 1 unspecified atom stereocenters.